The van der Waals surface area contributed by atoms with Gasteiger partial charge in [-0.15, -0.1) is 0 Å². The first-order chi connectivity index (χ1) is 6.52. The Morgan fingerprint density at radius 1 is 0.714 bits per heavy atom. The van der Waals surface area contributed by atoms with Crippen LogP contribution >= 0.6 is 21.6 Å². The molecule has 0 fully saturated rings. The quantitative estimate of drug-likeness (QED) is 0.553. The lowest BCUT2D eigenvalue weighted by atomic mass is 10.1. The van der Waals surface area contributed by atoms with E-state index in [0.717, 1.165) is 22.3 Å². The summed E-state index contributed by atoms with van der Waals surface area (Å²) in [5, 5.41) is 1.65. The number of hydrogen-bond acceptors (Lipinski definition) is 2. The zero-order valence-corrected chi connectivity index (χ0v) is 12.2. The molecule has 0 radical (unpaired) electrons. The van der Waals surface area contributed by atoms with E-state index >= 15 is 0 Å². The molecule has 0 aromatic carbocycles. The second-order valence-corrected chi connectivity index (χ2v) is 7.32. The molecule has 0 aromatic heterocycles. The molecule has 14 heavy (non-hydrogen) atoms. The highest BCUT2D eigenvalue weighted by molar-refractivity contribution is 8.77. The summed E-state index contributed by atoms with van der Waals surface area (Å²) in [5.41, 5.74) is 0. The Balaban J connectivity index is 3.88. The monoisotopic (exact) mass is 234 g/mol. The summed E-state index contributed by atoms with van der Waals surface area (Å²) in [6, 6.07) is 0. The fourth-order valence-corrected chi connectivity index (χ4v) is 5.45. The van der Waals surface area contributed by atoms with Gasteiger partial charge in [0.25, 0.3) is 0 Å². The van der Waals surface area contributed by atoms with E-state index in [9.17, 15) is 0 Å². The molecule has 0 spiro atoms. The van der Waals surface area contributed by atoms with E-state index in [1.807, 2.05) is 0 Å². The molecule has 2 atom stereocenters. The molecule has 0 nitrogen and oxygen atoms in total. The zero-order valence-electron chi connectivity index (χ0n) is 10.5. The molecule has 0 heterocycles. The molecule has 0 aliphatic heterocycles. The van der Waals surface area contributed by atoms with Crippen LogP contribution < -0.4 is 0 Å². The first kappa shape index (κ1) is 14.7. The van der Waals surface area contributed by atoms with Crippen LogP contribution in [-0.2, 0) is 0 Å². The maximum Gasteiger partial charge on any atom is 0.0171 e. The van der Waals surface area contributed by atoms with E-state index in [2.05, 4.69) is 63.1 Å². The van der Waals surface area contributed by atoms with Crippen LogP contribution in [0.15, 0.2) is 0 Å². The maximum absolute atomic E-state index is 2.33. The number of hydrogen-bond donors (Lipinski definition) is 0. The first-order valence-corrected chi connectivity index (χ1v) is 8.12. The van der Waals surface area contributed by atoms with Gasteiger partial charge in [0.15, 0.2) is 0 Å². The first-order valence-electron chi connectivity index (χ1n) is 5.84. The van der Waals surface area contributed by atoms with Gasteiger partial charge in [-0.25, -0.2) is 0 Å². The van der Waals surface area contributed by atoms with Gasteiger partial charge in [-0.1, -0.05) is 63.1 Å². The van der Waals surface area contributed by atoms with E-state index in [4.69, 9.17) is 0 Å². The molecular formula is C12H26S2. The van der Waals surface area contributed by atoms with E-state index < -0.39 is 0 Å². The van der Waals surface area contributed by atoms with Crippen LogP contribution in [0.5, 0.6) is 0 Å². The van der Waals surface area contributed by atoms with Crippen molar-refractivity contribution in [1.29, 1.82) is 0 Å². The lowest BCUT2D eigenvalue weighted by Crippen LogP contribution is -2.12. The maximum atomic E-state index is 2.33. The van der Waals surface area contributed by atoms with E-state index in [-0.39, 0.29) is 0 Å². The molecule has 0 saturated heterocycles. The van der Waals surface area contributed by atoms with Crippen LogP contribution in [0, 0.1) is 11.8 Å². The predicted molar refractivity (Wildman–Crippen MR) is 73.0 cm³/mol. The van der Waals surface area contributed by atoms with Gasteiger partial charge in [0, 0.05) is 10.5 Å². The largest absolute Gasteiger partial charge is 0.0902 e. The van der Waals surface area contributed by atoms with Gasteiger partial charge >= 0.3 is 0 Å². The summed E-state index contributed by atoms with van der Waals surface area (Å²) < 4.78 is 0. The Morgan fingerprint density at radius 3 is 1.14 bits per heavy atom. The molecule has 0 bridgehead atoms. The van der Waals surface area contributed by atoms with Crippen molar-refractivity contribution < 1.29 is 0 Å². The van der Waals surface area contributed by atoms with Crippen molar-refractivity contribution in [1.82, 2.24) is 0 Å². The van der Waals surface area contributed by atoms with Gasteiger partial charge in [0.1, 0.15) is 0 Å². The molecule has 0 aliphatic carbocycles. The average Bonchev–Trinajstić information content (AvgIpc) is 2.11. The molecule has 0 aliphatic rings. The summed E-state index contributed by atoms with van der Waals surface area (Å²) in [6.07, 6.45) is 2.59. The third-order valence-corrected chi connectivity index (χ3v) is 6.77. The van der Waals surface area contributed by atoms with Crippen LogP contribution in [0.2, 0.25) is 0 Å². The Morgan fingerprint density at radius 2 is 1.00 bits per heavy atom. The molecule has 0 N–H and O–H groups in total. The molecule has 2 unspecified atom stereocenters. The average molecular weight is 234 g/mol. The van der Waals surface area contributed by atoms with Crippen molar-refractivity contribution in [3.63, 3.8) is 0 Å². The van der Waals surface area contributed by atoms with Gasteiger partial charge in [-0.05, 0) is 24.7 Å². The van der Waals surface area contributed by atoms with E-state index in [1.54, 1.807) is 0 Å². The number of rotatable bonds is 7. The standard InChI is InChI=1S/C12H26S2/c1-7-11(9(3)4)13-14-12(8-2)10(5)6/h9-12H,7-8H2,1-6H3. The second-order valence-electron chi connectivity index (χ2n) is 4.57. The SMILES string of the molecule is CCC(SSC(CC)C(C)C)C(C)C. The summed E-state index contributed by atoms with van der Waals surface area (Å²) in [5.74, 6) is 1.62. The van der Waals surface area contributed by atoms with Crippen molar-refractivity contribution in [2.24, 2.45) is 11.8 Å². The van der Waals surface area contributed by atoms with E-state index in [1.165, 1.54) is 12.8 Å². The minimum Gasteiger partial charge on any atom is -0.0902 e. The lowest BCUT2D eigenvalue weighted by molar-refractivity contribution is 0.591. The fraction of sp³-hybridized carbons (Fsp3) is 1.00. The van der Waals surface area contributed by atoms with Crippen LogP contribution in [0.3, 0.4) is 0 Å². The Kier molecular flexibility index (Phi) is 8.32. The van der Waals surface area contributed by atoms with Crippen molar-refractivity contribution >= 4 is 21.6 Å². The molecule has 0 saturated carbocycles. The van der Waals surface area contributed by atoms with Crippen molar-refractivity contribution in [3.8, 4) is 0 Å². The summed E-state index contributed by atoms with van der Waals surface area (Å²) in [6.45, 7) is 13.9. The van der Waals surface area contributed by atoms with Gasteiger partial charge in [0.2, 0.25) is 0 Å². The second kappa shape index (κ2) is 7.92. The fourth-order valence-electron chi connectivity index (χ4n) is 1.44. The van der Waals surface area contributed by atoms with Crippen molar-refractivity contribution in [3.05, 3.63) is 0 Å². The highest BCUT2D eigenvalue weighted by atomic mass is 33.1. The molecule has 0 amide bonds. The molecule has 0 aromatic rings. The highest BCUT2D eigenvalue weighted by Crippen LogP contribution is 2.39. The normalized spacial score (nSPS) is 16.3. The van der Waals surface area contributed by atoms with Gasteiger partial charge in [-0.3, -0.25) is 0 Å². The Hall–Kier alpha value is 0.700. The van der Waals surface area contributed by atoms with Gasteiger partial charge < -0.3 is 0 Å². The lowest BCUT2D eigenvalue weighted by Gasteiger charge is -2.23. The topological polar surface area (TPSA) is 0 Å². The molecular weight excluding hydrogens is 208 g/mol. The van der Waals surface area contributed by atoms with Crippen molar-refractivity contribution in [2.45, 2.75) is 64.9 Å². The third kappa shape index (κ3) is 5.55. The van der Waals surface area contributed by atoms with Crippen molar-refractivity contribution in [2.75, 3.05) is 0 Å². The Bertz CT molecular complexity index is 116. The summed E-state index contributed by atoms with van der Waals surface area (Å²) in [4.78, 5) is 0. The Labute approximate surface area is 98.4 Å². The highest BCUT2D eigenvalue weighted by Gasteiger charge is 2.17. The van der Waals surface area contributed by atoms with Crippen LogP contribution in [0.4, 0.5) is 0 Å². The van der Waals surface area contributed by atoms with Gasteiger partial charge in [0.05, 0.1) is 0 Å². The molecule has 0 rings (SSSR count). The minimum absolute atomic E-state index is 0.808. The van der Waals surface area contributed by atoms with Crippen LogP contribution in [0.25, 0.3) is 0 Å². The predicted octanol–water partition coefficient (Wildman–Crippen LogP) is 5.24. The third-order valence-electron chi connectivity index (χ3n) is 2.59. The van der Waals surface area contributed by atoms with Crippen LogP contribution in [-0.4, -0.2) is 10.5 Å². The summed E-state index contributed by atoms with van der Waals surface area (Å²) >= 11 is 0. The smallest absolute Gasteiger partial charge is 0.0171 e. The van der Waals surface area contributed by atoms with E-state index in [0.29, 0.717) is 0 Å². The van der Waals surface area contributed by atoms with Crippen LogP contribution in [0.1, 0.15) is 54.4 Å². The molecule has 2 heteroatoms. The van der Waals surface area contributed by atoms with Gasteiger partial charge in [-0.2, -0.15) is 0 Å². The summed E-state index contributed by atoms with van der Waals surface area (Å²) in [7, 11) is 4.21. The minimum atomic E-state index is 0.808. The zero-order chi connectivity index (χ0) is 11.1. The molecule has 86 valence electrons.